The molecule has 2 N–H and O–H groups in total. The van der Waals surface area contributed by atoms with Gasteiger partial charge in [-0.1, -0.05) is 12.1 Å². The molecule has 9 heteroatoms. The summed E-state index contributed by atoms with van der Waals surface area (Å²) < 4.78 is 26.8. The summed E-state index contributed by atoms with van der Waals surface area (Å²) in [5, 5.41) is 21.9. The molecule has 1 fully saturated rings. The number of carbonyl (C=O) groups is 2. The molecule has 184 valence electrons. The predicted octanol–water partition coefficient (Wildman–Crippen LogP) is 4.14. The van der Waals surface area contributed by atoms with Crippen molar-refractivity contribution in [2.24, 2.45) is 0 Å². The number of nitriles is 1. The van der Waals surface area contributed by atoms with E-state index in [1.165, 1.54) is 18.2 Å². The van der Waals surface area contributed by atoms with Crippen LogP contribution in [0, 0.1) is 23.0 Å². The van der Waals surface area contributed by atoms with Gasteiger partial charge in [-0.05, 0) is 48.4 Å². The Morgan fingerprint density at radius 3 is 2.33 bits per heavy atom. The molecule has 3 aromatic carbocycles. The maximum absolute atomic E-state index is 13.4. The normalized spacial score (nSPS) is 14.1. The summed E-state index contributed by atoms with van der Waals surface area (Å²) in [5.41, 5.74) is 1.78. The number of rotatable bonds is 5. The van der Waals surface area contributed by atoms with E-state index in [4.69, 9.17) is 5.26 Å². The van der Waals surface area contributed by atoms with E-state index in [0.29, 0.717) is 37.8 Å². The minimum absolute atomic E-state index is 0.102. The molecule has 3 aromatic rings. The van der Waals surface area contributed by atoms with E-state index in [-0.39, 0.29) is 28.5 Å². The number of benzene rings is 3. The Morgan fingerprint density at radius 2 is 1.67 bits per heavy atom. The second kappa shape index (κ2) is 11.0. The number of hydrogen-bond acceptors (Lipinski definition) is 5. The molecule has 0 unspecified atom stereocenters. The Morgan fingerprint density at radius 1 is 0.944 bits per heavy atom. The standard InChI is InChI=1S/C27H24F2N4O3/c28-21-12-20(13-22(29)14-21)26(35)31-23-6-7-24(25(34)15-23)27(36)33-9-1-8-32(10-11-33)17-19-4-2-18(16-30)3-5-19/h2-7,12-15,34H,1,8-11,17H2,(H,31,35). The third kappa shape index (κ3) is 6.03. The fourth-order valence-electron chi connectivity index (χ4n) is 4.12. The summed E-state index contributed by atoms with van der Waals surface area (Å²) >= 11 is 0. The summed E-state index contributed by atoms with van der Waals surface area (Å²) in [6.07, 6.45) is 0.765. The number of anilines is 1. The fraction of sp³-hybridized carbons (Fsp3) is 0.222. The van der Waals surface area contributed by atoms with Crippen molar-refractivity contribution < 1.29 is 23.5 Å². The summed E-state index contributed by atoms with van der Waals surface area (Å²) in [6, 6.07) is 16.1. The second-order valence-electron chi connectivity index (χ2n) is 8.57. The predicted molar refractivity (Wildman–Crippen MR) is 129 cm³/mol. The van der Waals surface area contributed by atoms with Crippen LogP contribution in [0.2, 0.25) is 0 Å². The minimum Gasteiger partial charge on any atom is -0.507 e. The number of amides is 2. The van der Waals surface area contributed by atoms with Gasteiger partial charge in [-0.3, -0.25) is 14.5 Å². The Labute approximate surface area is 207 Å². The van der Waals surface area contributed by atoms with Crippen LogP contribution in [0.15, 0.2) is 60.7 Å². The number of hydrogen-bond donors (Lipinski definition) is 2. The number of nitrogens with one attached hydrogen (secondary N) is 1. The van der Waals surface area contributed by atoms with E-state index in [2.05, 4.69) is 16.3 Å². The lowest BCUT2D eigenvalue weighted by molar-refractivity contribution is 0.0758. The number of nitrogens with zero attached hydrogens (tertiary/aromatic N) is 3. The van der Waals surface area contributed by atoms with Crippen LogP contribution >= 0.6 is 0 Å². The SMILES string of the molecule is N#Cc1ccc(CN2CCCN(C(=O)c3ccc(NC(=O)c4cc(F)cc(F)c4)cc3O)CC2)cc1. The quantitative estimate of drug-likeness (QED) is 0.560. The van der Waals surface area contributed by atoms with E-state index in [0.717, 1.165) is 30.7 Å². The lowest BCUT2D eigenvalue weighted by atomic mass is 10.1. The molecule has 1 aliphatic rings. The highest BCUT2D eigenvalue weighted by Crippen LogP contribution is 2.25. The molecule has 0 aliphatic carbocycles. The van der Waals surface area contributed by atoms with Crippen LogP contribution in [0.1, 0.15) is 38.3 Å². The van der Waals surface area contributed by atoms with E-state index in [9.17, 15) is 23.5 Å². The van der Waals surface area contributed by atoms with Gasteiger partial charge in [0.05, 0.1) is 17.2 Å². The molecule has 36 heavy (non-hydrogen) atoms. The number of phenolic OH excluding ortho intramolecular Hbond substituents is 1. The summed E-state index contributed by atoms with van der Waals surface area (Å²) in [4.78, 5) is 29.3. The summed E-state index contributed by atoms with van der Waals surface area (Å²) in [7, 11) is 0. The van der Waals surface area contributed by atoms with Gasteiger partial charge < -0.3 is 15.3 Å². The highest BCUT2D eigenvalue weighted by atomic mass is 19.1. The molecule has 0 radical (unpaired) electrons. The van der Waals surface area contributed by atoms with Gasteiger partial charge in [0.15, 0.2) is 0 Å². The average molecular weight is 491 g/mol. The van der Waals surface area contributed by atoms with Crippen molar-refractivity contribution in [3.63, 3.8) is 0 Å². The molecule has 1 saturated heterocycles. The van der Waals surface area contributed by atoms with E-state index in [1.54, 1.807) is 17.0 Å². The van der Waals surface area contributed by atoms with Crippen molar-refractivity contribution in [3.05, 3.63) is 94.6 Å². The highest BCUT2D eigenvalue weighted by Gasteiger charge is 2.23. The Balaban J connectivity index is 1.37. The molecule has 1 aliphatic heterocycles. The third-order valence-corrected chi connectivity index (χ3v) is 5.98. The van der Waals surface area contributed by atoms with Gasteiger partial charge in [0.1, 0.15) is 17.4 Å². The molecule has 0 aromatic heterocycles. The average Bonchev–Trinajstić information content (AvgIpc) is 3.09. The molecular weight excluding hydrogens is 466 g/mol. The molecule has 2 amide bonds. The first-order valence-corrected chi connectivity index (χ1v) is 11.4. The monoisotopic (exact) mass is 490 g/mol. The molecule has 0 spiro atoms. The van der Waals surface area contributed by atoms with Gasteiger partial charge in [-0.2, -0.15) is 5.26 Å². The molecule has 0 saturated carbocycles. The third-order valence-electron chi connectivity index (χ3n) is 5.98. The Kier molecular flexibility index (Phi) is 7.56. The first-order valence-electron chi connectivity index (χ1n) is 11.4. The Bertz CT molecular complexity index is 1300. The minimum atomic E-state index is -0.878. The number of halogens is 2. The fourth-order valence-corrected chi connectivity index (χ4v) is 4.12. The van der Waals surface area contributed by atoms with E-state index >= 15 is 0 Å². The van der Waals surface area contributed by atoms with Gasteiger partial charge in [0.25, 0.3) is 11.8 Å². The van der Waals surface area contributed by atoms with E-state index < -0.39 is 17.5 Å². The van der Waals surface area contributed by atoms with Crippen LogP contribution in [-0.2, 0) is 6.54 Å². The van der Waals surface area contributed by atoms with Crippen molar-refractivity contribution >= 4 is 17.5 Å². The number of aromatic hydroxyl groups is 1. The first kappa shape index (κ1) is 24.8. The van der Waals surface area contributed by atoms with Crippen molar-refractivity contribution in [2.75, 3.05) is 31.5 Å². The van der Waals surface area contributed by atoms with Crippen LogP contribution in [0.3, 0.4) is 0 Å². The second-order valence-corrected chi connectivity index (χ2v) is 8.57. The zero-order valence-corrected chi connectivity index (χ0v) is 19.4. The molecular formula is C27H24F2N4O3. The molecule has 0 atom stereocenters. The largest absolute Gasteiger partial charge is 0.507 e. The first-order chi connectivity index (χ1) is 17.3. The number of phenols is 1. The highest BCUT2D eigenvalue weighted by molar-refractivity contribution is 6.05. The van der Waals surface area contributed by atoms with Crippen LogP contribution in [-0.4, -0.2) is 52.9 Å². The van der Waals surface area contributed by atoms with Crippen molar-refractivity contribution in [3.8, 4) is 11.8 Å². The maximum Gasteiger partial charge on any atom is 0.257 e. The van der Waals surface area contributed by atoms with Gasteiger partial charge >= 0.3 is 0 Å². The summed E-state index contributed by atoms with van der Waals surface area (Å²) in [6.45, 7) is 3.19. The molecule has 7 nitrogen and oxygen atoms in total. The zero-order valence-electron chi connectivity index (χ0n) is 19.4. The maximum atomic E-state index is 13.4. The van der Waals surface area contributed by atoms with Crippen molar-refractivity contribution in [1.29, 1.82) is 5.26 Å². The van der Waals surface area contributed by atoms with Crippen molar-refractivity contribution in [2.45, 2.75) is 13.0 Å². The number of carbonyl (C=O) groups excluding carboxylic acids is 2. The van der Waals surface area contributed by atoms with Crippen LogP contribution < -0.4 is 5.32 Å². The molecule has 4 rings (SSSR count). The van der Waals surface area contributed by atoms with Crippen LogP contribution in [0.25, 0.3) is 0 Å². The van der Waals surface area contributed by atoms with Crippen LogP contribution in [0.4, 0.5) is 14.5 Å². The topological polar surface area (TPSA) is 96.7 Å². The lowest BCUT2D eigenvalue weighted by Gasteiger charge is -2.22. The Hall–Kier alpha value is -4.29. The molecule has 1 heterocycles. The lowest BCUT2D eigenvalue weighted by Crippen LogP contribution is -2.35. The smallest absolute Gasteiger partial charge is 0.257 e. The zero-order chi connectivity index (χ0) is 25.7. The van der Waals surface area contributed by atoms with Gasteiger partial charge in [-0.25, -0.2) is 8.78 Å². The van der Waals surface area contributed by atoms with E-state index in [1.807, 2.05) is 12.1 Å². The van der Waals surface area contributed by atoms with Gasteiger partial charge in [-0.15, -0.1) is 0 Å². The van der Waals surface area contributed by atoms with Gasteiger partial charge in [0, 0.05) is 56.1 Å². The molecule has 0 bridgehead atoms. The van der Waals surface area contributed by atoms with Crippen molar-refractivity contribution in [1.82, 2.24) is 9.80 Å². The summed E-state index contributed by atoms with van der Waals surface area (Å²) in [5.74, 6) is -3.13. The van der Waals surface area contributed by atoms with Crippen LogP contribution in [0.5, 0.6) is 5.75 Å². The van der Waals surface area contributed by atoms with Gasteiger partial charge in [0.2, 0.25) is 0 Å².